The van der Waals surface area contributed by atoms with E-state index in [2.05, 4.69) is 17.4 Å². The summed E-state index contributed by atoms with van der Waals surface area (Å²) in [5.74, 6) is 1.20. The van der Waals surface area contributed by atoms with Gasteiger partial charge in [-0.15, -0.1) is 0 Å². The third-order valence-electron chi connectivity index (χ3n) is 4.69. The molecule has 21 heavy (non-hydrogen) atoms. The minimum absolute atomic E-state index is 0.114. The van der Waals surface area contributed by atoms with Gasteiger partial charge in [0.1, 0.15) is 5.84 Å². The summed E-state index contributed by atoms with van der Waals surface area (Å²) in [4.78, 5) is 12.2. The lowest BCUT2D eigenvalue weighted by atomic mass is 9.79. The number of unbranched alkanes of at least 4 members (excludes halogenated alkanes) is 1. The Balaban J connectivity index is 2.34. The smallest absolute Gasteiger partial charge is 0.223 e. The van der Waals surface area contributed by atoms with Crippen LogP contribution in [0.2, 0.25) is 0 Å². The number of carbonyl (C=O) groups is 1. The molecule has 1 aliphatic carbocycles. The first kappa shape index (κ1) is 17.8. The minimum Gasteiger partial charge on any atom is -0.409 e. The van der Waals surface area contributed by atoms with Crippen LogP contribution >= 0.6 is 0 Å². The van der Waals surface area contributed by atoms with Crippen LogP contribution in [0.3, 0.4) is 0 Å². The molecular weight excluding hydrogens is 266 g/mol. The van der Waals surface area contributed by atoms with Crippen molar-refractivity contribution >= 4 is 11.7 Å². The van der Waals surface area contributed by atoms with Gasteiger partial charge in [-0.2, -0.15) is 0 Å². The van der Waals surface area contributed by atoms with Crippen LogP contribution in [0.25, 0.3) is 0 Å². The molecule has 0 spiro atoms. The van der Waals surface area contributed by atoms with Gasteiger partial charge in [-0.3, -0.25) is 4.79 Å². The van der Waals surface area contributed by atoms with Crippen molar-refractivity contribution in [2.75, 3.05) is 6.54 Å². The average molecular weight is 297 g/mol. The van der Waals surface area contributed by atoms with Crippen molar-refractivity contribution in [3.8, 4) is 0 Å². The van der Waals surface area contributed by atoms with Crippen molar-refractivity contribution in [3.63, 3.8) is 0 Å². The fraction of sp³-hybridized carbons (Fsp3) is 0.875. The molecule has 5 heteroatoms. The summed E-state index contributed by atoms with van der Waals surface area (Å²) in [5, 5.41) is 14.7. The second kappa shape index (κ2) is 8.25. The summed E-state index contributed by atoms with van der Waals surface area (Å²) < 4.78 is 0. The van der Waals surface area contributed by atoms with E-state index < -0.39 is 5.41 Å². The highest BCUT2D eigenvalue weighted by Gasteiger charge is 2.29. The SMILES string of the molecule is CCCCC1CCC(C(=O)NCC(C)(C)C(N)=NO)CC1. The zero-order chi connectivity index (χ0) is 15.9. The first-order chi connectivity index (χ1) is 9.90. The van der Waals surface area contributed by atoms with E-state index in [0.29, 0.717) is 6.54 Å². The van der Waals surface area contributed by atoms with Crippen molar-refractivity contribution in [2.45, 2.75) is 65.7 Å². The molecule has 0 aromatic rings. The van der Waals surface area contributed by atoms with E-state index in [1.54, 1.807) is 0 Å². The molecular formula is C16H31N3O2. The van der Waals surface area contributed by atoms with Crippen molar-refractivity contribution in [3.05, 3.63) is 0 Å². The maximum Gasteiger partial charge on any atom is 0.223 e. The van der Waals surface area contributed by atoms with Crippen LogP contribution in [-0.4, -0.2) is 23.5 Å². The molecule has 0 radical (unpaired) electrons. The predicted octanol–water partition coefficient (Wildman–Crippen LogP) is 2.87. The van der Waals surface area contributed by atoms with E-state index in [1.165, 1.54) is 32.1 Å². The van der Waals surface area contributed by atoms with Gasteiger partial charge >= 0.3 is 0 Å². The number of amides is 1. The Kier molecular flexibility index (Phi) is 6.99. The van der Waals surface area contributed by atoms with Crippen LogP contribution in [0.1, 0.15) is 65.7 Å². The molecule has 0 atom stereocenters. The lowest BCUT2D eigenvalue weighted by Gasteiger charge is -2.29. The van der Waals surface area contributed by atoms with Crippen molar-refractivity contribution in [1.29, 1.82) is 0 Å². The van der Waals surface area contributed by atoms with Crippen molar-refractivity contribution in [2.24, 2.45) is 28.1 Å². The molecule has 0 aliphatic heterocycles. The number of carbonyl (C=O) groups excluding carboxylic acids is 1. The van der Waals surface area contributed by atoms with Gasteiger partial charge in [0.15, 0.2) is 0 Å². The molecule has 0 aromatic carbocycles. The topological polar surface area (TPSA) is 87.7 Å². The number of nitrogens with one attached hydrogen (secondary N) is 1. The van der Waals surface area contributed by atoms with Crippen LogP contribution in [0.4, 0.5) is 0 Å². The van der Waals surface area contributed by atoms with Crippen LogP contribution < -0.4 is 11.1 Å². The van der Waals surface area contributed by atoms with Gasteiger partial charge in [0.05, 0.1) is 0 Å². The number of amidine groups is 1. The molecule has 0 aromatic heterocycles. The molecule has 122 valence electrons. The molecule has 1 rings (SSSR count). The van der Waals surface area contributed by atoms with Gasteiger partial charge in [0, 0.05) is 17.9 Å². The predicted molar refractivity (Wildman–Crippen MR) is 85.2 cm³/mol. The van der Waals surface area contributed by atoms with E-state index in [-0.39, 0.29) is 17.7 Å². The highest BCUT2D eigenvalue weighted by molar-refractivity contribution is 5.86. The number of nitrogens with two attached hydrogens (primary N) is 1. The molecule has 1 aliphatic rings. The van der Waals surface area contributed by atoms with Gasteiger partial charge in [-0.05, 0) is 31.6 Å². The first-order valence-electron chi connectivity index (χ1n) is 8.16. The van der Waals surface area contributed by atoms with E-state index in [1.807, 2.05) is 13.8 Å². The van der Waals surface area contributed by atoms with Crippen molar-refractivity contribution < 1.29 is 10.0 Å². The summed E-state index contributed by atoms with van der Waals surface area (Å²) >= 11 is 0. The standard InChI is InChI=1S/C16H31N3O2/c1-4-5-6-12-7-9-13(10-8-12)14(20)18-11-16(2,3)15(17)19-21/h12-13,21H,4-11H2,1-3H3,(H2,17,19)(H,18,20). The van der Waals surface area contributed by atoms with E-state index in [9.17, 15) is 4.79 Å². The largest absolute Gasteiger partial charge is 0.409 e. The Bertz CT molecular complexity index is 359. The lowest BCUT2D eigenvalue weighted by molar-refractivity contribution is -0.126. The lowest BCUT2D eigenvalue weighted by Crippen LogP contribution is -2.44. The molecule has 0 unspecified atom stereocenters. The first-order valence-corrected chi connectivity index (χ1v) is 8.16. The number of oxime groups is 1. The zero-order valence-electron chi connectivity index (χ0n) is 13.7. The molecule has 0 bridgehead atoms. The van der Waals surface area contributed by atoms with Crippen LogP contribution in [0.5, 0.6) is 0 Å². The molecule has 0 heterocycles. The van der Waals surface area contributed by atoms with E-state index in [0.717, 1.165) is 18.8 Å². The second-order valence-electron chi connectivity index (χ2n) is 6.95. The number of hydrogen-bond donors (Lipinski definition) is 3. The highest BCUT2D eigenvalue weighted by Crippen LogP contribution is 2.32. The third-order valence-corrected chi connectivity index (χ3v) is 4.69. The maximum atomic E-state index is 12.2. The van der Waals surface area contributed by atoms with Crippen LogP contribution in [0, 0.1) is 17.3 Å². The summed E-state index contributed by atoms with van der Waals surface area (Å²) in [6.45, 7) is 6.33. The quantitative estimate of drug-likeness (QED) is 0.292. The number of nitrogens with zero attached hydrogens (tertiary/aromatic N) is 1. The normalized spacial score (nSPS) is 23.9. The molecule has 4 N–H and O–H groups in total. The van der Waals surface area contributed by atoms with Gasteiger partial charge in [-0.1, -0.05) is 45.2 Å². The van der Waals surface area contributed by atoms with E-state index in [4.69, 9.17) is 10.9 Å². The van der Waals surface area contributed by atoms with Gasteiger partial charge in [0.25, 0.3) is 0 Å². The number of rotatable bonds is 7. The fourth-order valence-corrected chi connectivity index (χ4v) is 2.88. The number of hydrogen-bond acceptors (Lipinski definition) is 3. The van der Waals surface area contributed by atoms with Gasteiger partial charge in [-0.25, -0.2) is 0 Å². The molecule has 1 amide bonds. The summed E-state index contributed by atoms with van der Waals surface area (Å²) in [5.41, 5.74) is 5.10. The molecule has 1 fully saturated rings. The maximum absolute atomic E-state index is 12.2. The summed E-state index contributed by atoms with van der Waals surface area (Å²) in [7, 11) is 0. The Morgan fingerprint density at radius 2 is 1.95 bits per heavy atom. The Morgan fingerprint density at radius 3 is 2.48 bits per heavy atom. The second-order valence-corrected chi connectivity index (χ2v) is 6.95. The summed E-state index contributed by atoms with van der Waals surface area (Å²) in [6.07, 6.45) is 8.18. The van der Waals surface area contributed by atoms with E-state index >= 15 is 0 Å². The monoisotopic (exact) mass is 297 g/mol. The average Bonchev–Trinajstić information content (AvgIpc) is 2.50. The Labute approximate surface area is 128 Å². The van der Waals surface area contributed by atoms with Crippen LogP contribution in [-0.2, 0) is 4.79 Å². The molecule has 0 saturated heterocycles. The fourth-order valence-electron chi connectivity index (χ4n) is 2.88. The summed E-state index contributed by atoms with van der Waals surface area (Å²) in [6, 6.07) is 0. The molecule has 1 saturated carbocycles. The van der Waals surface area contributed by atoms with Gasteiger partial charge < -0.3 is 16.3 Å². The Morgan fingerprint density at radius 1 is 1.33 bits per heavy atom. The highest BCUT2D eigenvalue weighted by atomic mass is 16.4. The third kappa shape index (κ3) is 5.56. The van der Waals surface area contributed by atoms with Crippen molar-refractivity contribution in [1.82, 2.24) is 5.32 Å². The Hall–Kier alpha value is -1.26. The van der Waals surface area contributed by atoms with Crippen LogP contribution in [0.15, 0.2) is 5.16 Å². The molecule has 5 nitrogen and oxygen atoms in total. The zero-order valence-corrected chi connectivity index (χ0v) is 13.7. The minimum atomic E-state index is -0.525. The van der Waals surface area contributed by atoms with Gasteiger partial charge in [0.2, 0.25) is 5.91 Å².